The summed E-state index contributed by atoms with van der Waals surface area (Å²) in [4.78, 5) is 20.3. The third kappa shape index (κ3) is 10.7. The molecule has 15 nitrogen and oxygen atoms in total. The number of nitrogens with zero attached hydrogens (tertiary/aromatic N) is 3. The Labute approximate surface area is 285 Å². The van der Waals surface area contributed by atoms with Gasteiger partial charge in [0.05, 0.1) is 48.9 Å². The first kappa shape index (κ1) is 40.3. The lowest BCUT2D eigenvalue weighted by Gasteiger charge is -2.39. The first-order valence-electron chi connectivity index (χ1n) is 15.6. The molecule has 3 heterocycles. The smallest absolute Gasteiger partial charge is 0.305 e. The summed E-state index contributed by atoms with van der Waals surface area (Å²) in [6.07, 6.45) is -0.614. The van der Waals surface area contributed by atoms with Gasteiger partial charge in [-0.2, -0.15) is 0 Å². The van der Waals surface area contributed by atoms with E-state index in [1.807, 2.05) is 13.8 Å². The number of carboxylic acid groups (broad SMARTS) is 1. The Balaban J connectivity index is 0.000000419. The summed E-state index contributed by atoms with van der Waals surface area (Å²) in [5, 5.41) is 48.7. The van der Waals surface area contributed by atoms with Crippen molar-refractivity contribution in [2.24, 2.45) is 0 Å². The second-order valence-electron chi connectivity index (χ2n) is 12.6. The molecule has 0 spiro atoms. The number of hydrogen-bond acceptors (Lipinski definition) is 13. The van der Waals surface area contributed by atoms with E-state index in [0.29, 0.717) is 28.9 Å². The van der Waals surface area contributed by atoms with E-state index in [1.54, 1.807) is 38.1 Å². The van der Waals surface area contributed by atoms with Crippen LogP contribution in [0.5, 0.6) is 0 Å². The van der Waals surface area contributed by atoms with Gasteiger partial charge in [-0.05, 0) is 51.1 Å². The van der Waals surface area contributed by atoms with Crippen molar-refractivity contribution in [1.29, 1.82) is 0 Å². The lowest BCUT2D eigenvalue weighted by molar-refractivity contribution is -0.290. The van der Waals surface area contributed by atoms with E-state index in [1.165, 1.54) is 26.2 Å². The average molecular weight is 715 g/mol. The van der Waals surface area contributed by atoms with E-state index >= 15 is 0 Å². The molecule has 0 radical (unpaired) electrons. The number of rotatable bonds is 10. The molecule has 2 aliphatic heterocycles. The predicted molar refractivity (Wildman–Crippen MR) is 177 cm³/mol. The molecular formula is C32H47FN4O11S. The van der Waals surface area contributed by atoms with Crippen LogP contribution in [0, 0.1) is 5.82 Å². The fourth-order valence-corrected chi connectivity index (χ4v) is 5.77. The lowest BCUT2D eigenvalue weighted by Crippen LogP contribution is -2.62. The first-order chi connectivity index (χ1) is 22.8. The minimum absolute atomic E-state index is 0.00245. The number of aromatic nitrogens is 2. The molecule has 2 aromatic rings. The predicted octanol–water partition coefficient (Wildman–Crippen LogP) is 1.21. The number of likely N-dealkylation sites (N-methyl/N-ethyl adjacent to an activating group) is 1. The molecule has 274 valence electrons. The van der Waals surface area contributed by atoms with Gasteiger partial charge in [0.25, 0.3) is 0 Å². The summed E-state index contributed by atoms with van der Waals surface area (Å²) in [7, 11) is -0.718. The second kappa shape index (κ2) is 16.7. The van der Waals surface area contributed by atoms with E-state index in [2.05, 4.69) is 15.3 Å². The molecule has 6 N–H and O–H groups in total. The largest absolute Gasteiger partial charge is 0.481 e. The molecule has 2 fully saturated rings. The first-order valence-corrected chi connectivity index (χ1v) is 17.5. The lowest BCUT2D eigenvalue weighted by atomic mass is 9.97. The number of aliphatic carboxylic acids is 1. The van der Waals surface area contributed by atoms with E-state index in [9.17, 15) is 38.0 Å². The summed E-state index contributed by atoms with van der Waals surface area (Å²) >= 11 is 0. The van der Waals surface area contributed by atoms with Crippen LogP contribution < -0.4 is 9.62 Å². The molecule has 7 atom stereocenters. The molecule has 0 aliphatic carbocycles. The molecule has 4 rings (SSSR count). The van der Waals surface area contributed by atoms with Gasteiger partial charge >= 0.3 is 5.97 Å². The van der Waals surface area contributed by atoms with Crippen LogP contribution in [-0.4, -0.2) is 125 Å². The van der Waals surface area contributed by atoms with Crippen LogP contribution >= 0.6 is 0 Å². The van der Waals surface area contributed by atoms with Crippen molar-refractivity contribution in [1.82, 2.24) is 15.3 Å². The number of anilines is 1. The molecule has 49 heavy (non-hydrogen) atoms. The fourth-order valence-electron chi connectivity index (χ4n) is 5.40. The second-order valence-corrected chi connectivity index (χ2v) is 14.6. The number of aliphatic hydroxyl groups excluding tert-OH is 4. The number of halogens is 1. The molecule has 0 saturated carbocycles. The Kier molecular flexibility index (Phi) is 13.8. The zero-order valence-electron chi connectivity index (χ0n) is 28.5. The van der Waals surface area contributed by atoms with Gasteiger partial charge in [0.15, 0.2) is 12.1 Å². The van der Waals surface area contributed by atoms with Crippen LogP contribution in [0.25, 0.3) is 17.3 Å². The summed E-state index contributed by atoms with van der Waals surface area (Å²) in [5.41, 5.74) is 2.24. The van der Waals surface area contributed by atoms with Crippen LogP contribution in [-0.2, 0) is 29.0 Å². The van der Waals surface area contributed by atoms with E-state index in [4.69, 9.17) is 19.3 Å². The molecule has 2 aliphatic rings. The number of carbonyl (C=O) groups is 1. The monoisotopic (exact) mass is 714 g/mol. The number of sulfonamides is 1. The highest BCUT2D eigenvalue weighted by Gasteiger charge is 2.42. The molecule has 0 amide bonds. The summed E-state index contributed by atoms with van der Waals surface area (Å²) in [5.74, 6) is -2.45. The molecule has 2 saturated heterocycles. The highest BCUT2D eigenvalue weighted by molar-refractivity contribution is 7.92. The third-order valence-electron chi connectivity index (χ3n) is 7.90. The quantitative estimate of drug-likeness (QED) is 0.204. The zero-order chi connectivity index (χ0) is 36.8. The Bertz CT molecular complexity index is 1560. The highest BCUT2D eigenvalue weighted by atomic mass is 32.2. The Hall–Kier alpha value is -3.13. The Morgan fingerprint density at radius 3 is 2.31 bits per heavy atom. The summed E-state index contributed by atoms with van der Waals surface area (Å²) in [6, 6.07) is 5.01. The molecule has 17 heteroatoms. The van der Waals surface area contributed by atoms with E-state index < -0.39 is 77.1 Å². The Morgan fingerprint density at radius 2 is 1.78 bits per heavy atom. The van der Waals surface area contributed by atoms with Gasteiger partial charge < -0.3 is 45.1 Å². The number of benzene rings is 1. The highest BCUT2D eigenvalue weighted by Crippen LogP contribution is 2.34. The van der Waals surface area contributed by atoms with Crippen LogP contribution in [0.2, 0.25) is 0 Å². The van der Waals surface area contributed by atoms with Crippen molar-refractivity contribution in [2.75, 3.05) is 31.3 Å². The number of aliphatic hydroxyl groups is 4. The van der Waals surface area contributed by atoms with Crippen LogP contribution in [0.3, 0.4) is 0 Å². The van der Waals surface area contributed by atoms with Crippen molar-refractivity contribution in [3.05, 3.63) is 47.4 Å². The maximum absolute atomic E-state index is 13.7. The van der Waals surface area contributed by atoms with Gasteiger partial charge in [-0.25, -0.2) is 27.1 Å². The minimum Gasteiger partial charge on any atom is -0.481 e. The van der Waals surface area contributed by atoms with E-state index in [-0.39, 0.29) is 18.3 Å². The summed E-state index contributed by atoms with van der Waals surface area (Å²) in [6.45, 7) is 6.87. The van der Waals surface area contributed by atoms with Gasteiger partial charge in [0.1, 0.15) is 24.1 Å². The van der Waals surface area contributed by atoms with Crippen molar-refractivity contribution in [3.63, 3.8) is 0 Å². The van der Waals surface area contributed by atoms with Crippen molar-refractivity contribution in [3.8, 4) is 11.3 Å². The number of nitrogens with one attached hydrogen (secondary N) is 1. The van der Waals surface area contributed by atoms with Crippen molar-refractivity contribution < 1.29 is 57.3 Å². The van der Waals surface area contributed by atoms with E-state index in [0.717, 1.165) is 10.6 Å². The van der Waals surface area contributed by atoms with Crippen LogP contribution in [0.1, 0.15) is 57.7 Å². The van der Waals surface area contributed by atoms with Gasteiger partial charge in [-0.1, -0.05) is 26.0 Å². The zero-order valence-corrected chi connectivity index (χ0v) is 29.3. The molecule has 0 unspecified atom stereocenters. The maximum atomic E-state index is 13.7. The minimum atomic E-state index is -3.63. The van der Waals surface area contributed by atoms with Crippen LogP contribution in [0.15, 0.2) is 30.3 Å². The molecule has 1 aromatic carbocycles. The van der Waals surface area contributed by atoms with Crippen molar-refractivity contribution in [2.45, 2.75) is 95.1 Å². The number of carboxylic acids is 1. The maximum Gasteiger partial charge on any atom is 0.305 e. The molecule has 0 bridgehead atoms. The SMILES string of the molecule is CC(C)c1nc(N(C)S(C)(=O)=O)nc(-c2ccc(F)cc2)c1/C=C/[C@@H]1C[C@H](CC(=O)O)OC(C)(C)O1.CN[C@@H]1[C@@H](O)[C@H](O)[C@@H](CO)O[C@H]1O. The fraction of sp³-hybridized carbons (Fsp3) is 0.594. The molecule has 1 aromatic heterocycles. The summed E-state index contributed by atoms with van der Waals surface area (Å²) < 4.78 is 55.7. The Morgan fingerprint density at radius 1 is 1.14 bits per heavy atom. The normalized spacial score (nSPS) is 27.1. The standard InChI is InChI=1S/C25H32FN3O6S.C7H15NO5/c1-15(2)22-20(12-11-18-13-19(14-21(30)31)35-25(3,4)34-18)23(16-7-9-17(26)10-8-16)28-24(27-22)29(5)36(6,32)33;1-8-4-6(11)5(10)3(2-9)13-7(4)12/h7-12,15,18-19H,13-14H2,1-6H3,(H,30,31);3-12H,2H2,1H3/b12-11+;/t18-,19-;3-,4-,5-,6-,7-/m11/s1. The van der Waals surface area contributed by atoms with Crippen LogP contribution in [0.4, 0.5) is 10.3 Å². The number of hydrogen-bond donors (Lipinski definition) is 6. The number of ether oxygens (including phenoxy) is 3. The topological polar surface area (TPSA) is 221 Å². The molecular weight excluding hydrogens is 667 g/mol. The van der Waals surface area contributed by atoms with Gasteiger partial charge in [-0.15, -0.1) is 0 Å². The van der Waals surface area contributed by atoms with Crippen molar-refractivity contribution >= 4 is 28.0 Å². The van der Waals surface area contributed by atoms with Gasteiger partial charge in [0, 0.05) is 24.6 Å². The van der Waals surface area contributed by atoms with Gasteiger partial charge in [-0.3, -0.25) is 4.79 Å². The third-order valence-corrected chi connectivity index (χ3v) is 9.06. The van der Waals surface area contributed by atoms with Gasteiger partial charge in [0.2, 0.25) is 16.0 Å². The average Bonchev–Trinajstić information content (AvgIpc) is 3.00.